The fourth-order valence-corrected chi connectivity index (χ4v) is 5.50. The van der Waals surface area contributed by atoms with Crippen molar-refractivity contribution in [3.63, 3.8) is 0 Å². The Morgan fingerprint density at radius 3 is 2.72 bits per heavy atom. The zero-order valence-corrected chi connectivity index (χ0v) is 15.9. The van der Waals surface area contributed by atoms with Crippen LogP contribution < -0.4 is 19.5 Å². The minimum absolute atomic E-state index is 0.0887. The van der Waals surface area contributed by atoms with Gasteiger partial charge in [-0.15, -0.1) is 0 Å². The number of hydrogen-bond acceptors (Lipinski definition) is 7. The van der Waals surface area contributed by atoms with Crippen molar-refractivity contribution in [2.24, 2.45) is 0 Å². The smallest absolute Gasteiger partial charge is 0.236 e. The van der Waals surface area contributed by atoms with Crippen LogP contribution in [0.15, 0.2) is 12.0 Å². The number of carbonyl (C=O) groups is 1. The summed E-state index contributed by atoms with van der Waals surface area (Å²) in [6, 6.07) is 1.03. The van der Waals surface area contributed by atoms with Crippen LogP contribution in [0.25, 0.3) is 0 Å². The minimum Gasteiger partial charge on any atom is -0.341 e. The molecule has 3 aliphatic rings. The molecule has 0 aromatic carbocycles. The first kappa shape index (κ1) is 19.1. The Morgan fingerprint density at radius 1 is 1.24 bits per heavy atom. The van der Waals surface area contributed by atoms with Gasteiger partial charge in [0.25, 0.3) is 0 Å². The lowest BCUT2D eigenvalue weighted by molar-refractivity contribution is -0.131. The van der Waals surface area contributed by atoms with Crippen molar-refractivity contribution >= 4 is 28.1 Å². The molecule has 2 saturated heterocycles. The third-order valence-corrected chi connectivity index (χ3v) is 7.13. The van der Waals surface area contributed by atoms with E-state index in [1.807, 2.05) is 4.90 Å². The van der Waals surface area contributed by atoms with E-state index in [2.05, 4.69) is 26.1 Å². The van der Waals surface area contributed by atoms with E-state index in [9.17, 15) is 13.2 Å². The van der Waals surface area contributed by atoms with E-state index in [0.29, 0.717) is 50.6 Å². The van der Waals surface area contributed by atoms with Gasteiger partial charge in [-0.25, -0.2) is 22.6 Å². The zero-order valence-electron chi connectivity index (χ0n) is 14.2. The van der Waals surface area contributed by atoms with Gasteiger partial charge in [-0.05, 0) is 25.7 Å². The number of piperidine rings is 1. The van der Waals surface area contributed by atoms with Crippen LogP contribution in [0.3, 0.4) is 0 Å². The summed E-state index contributed by atoms with van der Waals surface area (Å²) in [6.45, 7) is 4.80. The average molecular weight is 390 g/mol. The zero-order chi connectivity index (χ0) is 17.9. The van der Waals surface area contributed by atoms with E-state index < -0.39 is 10.0 Å². The maximum atomic E-state index is 12.4. The normalized spacial score (nSPS) is 30.9. The van der Waals surface area contributed by atoms with Crippen LogP contribution >= 0.6 is 12.1 Å². The number of fused-ring (bicyclic) bond motifs is 1. The number of nitrogens with one attached hydrogen (secondary N) is 4. The van der Waals surface area contributed by atoms with Crippen LogP contribution in [-0.4, -0.2) is 63.0 Å². The van der Waals surface area contributed by atoms with Crippen molar-refractivity contribution in [1.82, 2.24) is 24.4 Å². The highest BCUT2D eigenvalue weighted by molar-refractivity contribution is 7.95. The average Bonchev–Trinajstić information content (AvgIpc) is 3.09. The summed E-state index contributed by atoms with van der Waals surface area (Å²) >= 11 is 1.55. The maximum Gasteiger partial charge on any atom is 0.236 e. The molecule has 0 radical (unpaired) electrons. The highest BCUT2D eigenvalue weighted by Crippen LogP contribution is 2.25. The van der Waals surface area contributed by atoms with Gasteiger partial charge in [0, 0.05) is 54.8 Å². The number of amides is 1. The molecule has 0 aromatic rings. The summed E-state index contributed by atoms with van der Waals surface area (Å²) in [7, 11) is -3.41. The van der Waals surface area contributed by atoms with Gasteiger partial charge in [0.15, 0.2) is 0 Å². The van der Waals surface area contributed by atoms with Gasteiger partial charge in [0.1, 0.15) is 0 Å². The van der Waals surface area contributed by atoms with E-state index in [-0.39, 0.29) is 11.9 Å². The number of carbonyl (C=O) groups excluding carboxylic acids is 1. The van der Waals surface area contributed by atoms with Crippen LogP contribution in [0.2, 0.25) is 0 Å². The molecule has 3 rings (SSSR count). The highest BCUT2D eigenvalue weighted by Gasteiger charge is 2.37. The lowest BCUT2D eigenvalue weighted by Gasteiger charge is -2.35. The molecule has 3 atom stereocenters. The molecular weight excluding hydrogens is 362 g/mol. The van der Waals surface area contributed by atoms with Crippen molar-refractivity contribution in [3.8, 4) is 0 Å². The first-order chi connectivity index (χ1) is 12.0. The summed E-state index contributed by atoms with van der Waals surface area (Å²) in [5, 5.41) is 4.34. The maximum absolute atomic E-state index is 12.4. The third kappa shape index (κ3) is 4.95. The minimum atomic E-state index is -3.41. The molecule has 0 bridgehead atoms. The Balaban J connectivity index is 1.41. The second-order valence-electron chi connectivity index (χ2n) is 6.87. The molecule has 3 unspecified atom stereocenters. The quantitative estimate of drug-likeness (QED) is 0.462. The SMILES string of the molecule is C=CS(=O)(=O)NC1CCN(C(=O)CNC2CCCC3NSNC23)CC1. The van der Waals surface area contributed by atoms with E-state index in [4.69, 9.17) is 0 Å². The molecule has 0 spiro atoms. The molecule has 10 heteroatoms. The van der Waals surface area contributed by atoms with E-state index in [0.717, 1.165) is 18.2 Å². The van der Waals surface area contributed by atoms with E-state index >= 15 is 0 Å². The monoisotopic (exact) mass is 389 g/mol. The fourth-order valence-electron chi connectivity index (χ4n) is 3.76. The number of likely N-dealkylation sites (tertiary alicyclic amines) is 1. The molecule has 25 heavy (non-hydrogen) atoms. The Kier molecular flexibility index (Phi) is 6.39. The van der Waals surface area contributed by atoms with Crippen LogP contribution in [0.1, 0.15) is 32.1 Å². The van der Waals surface area contributed by atoms with Crippen LogP contribution in [0, 0.1) is 0 Å². The largest absolute Gasteiger partial charge is 0.341 e. The molecule has 2 heterocycles. The third-order valence-electron chi connectivity index (χ3n) is 5.22. The Labute approximate surface area is 153 Å². The standard InChI is InChI=1S/C15H27N5O3S2/c1-2-25(22,23)19-11-6-8-20(9-7-11)14(21)10-16-12-4-3-5-13-15(12)18-24-17-13/h2,11-13,15-19H,1,3-10H2. The summed E-state index contributed by atoms with van der Waals surface area (Å²) in [4.78, 5) is 14.3. The van der Waals surface area contributed by atoms with Gasteiger partial charge in [-0.1, -0.05) is 13.0 Å². The summed E-state index contributed by atoms with van der Waals surface area (Å²) in [6.07, 6.45) is 4.68. The second-order valence-corrected chi connectivity index (χ2v) is 9.21. The molecule has 1 aliphatic carbocycles. The molecule has 0 aromatic heterocycles. The van der Waals surface area contributed by atoms with Crippen molar-refractivity contribution in [1.29, 1.82) is 0 Å². The van der Waals surface area contributed by atoms with Gasteiger partial charge in [0.05, 0.1) is 6.54 Å². The number of rotatable bonds is 6. The van der Waals surface area contributed by atoms with E-state index in [1.165, 1.54) is 6.42 Å². The predicted molar refractivity (Wildman–Crippen MR) is 98.9 cm³/mol. The molecule has 1 amide bonds. The van der Waals surface area contributed by atoms with Gasteiger partial charge in [-0.3, -0.25) is 4.79 Å². The molecule has 142 valence electrons. The van der Waals surface area contributed by atoms with Crippen LogP contribution in [-0.2, 0) is 14.8 Å². The number of sulfonamides is 1. The van der Waals surface area contributed by atoms with Gasteiger partial charge < -0.3 is 10.2 Å². The molecule has 8 nitrogen and oxygen atoms in total. The molecule has 1 saturated carbocycles. The Hall–Kier alpha value is -0.650. The lowest BCUT2D eigenvalue weighted by atomic mass is 9.87. The van der Waals surface area contributed by atoms with Crippen molar-refractivity contribution in [3.05, 3.63) is 12.0 Å². The van der Waals surface area contributed by atoms with Crippen LogP contribution in [0.4, 0.5) is 0 Å². The first-order valence-corrected chi connectivity index (χ1v) is 11.2. The second kappa shape index (κ2) is 8.36. The topological polar surface area (TPSA) is 103 Å². The molecule has 3 fully saturated rings. The summed E-state index contributed by atoms with van der Waals surface area (Å²) in [5.74, 6) is 0.0887. The van der Waals surface area contributed by atoms with Crippen molar-refractivity contribution in [2.75, 3.05) is 19.6 Å². The number of hydrogen-bond donors (Lipinski definition) is 4. The van der Waals surface area contributed by atoms with Crippen LogP contribution in [0.5, 0.6) is 0 Å². The Bertz CT molecular complexity index is 592. The van der Waals surface area contributed by atoms with Gasteiger partial charge in [-0.2, -0.15) is 0 Å². The van der Waals surface area contributed by atoms with Crippen molar-refractivity contribution in [2.45, 2.75) is 56.3 Å². The van der Waals surface area contributed by atoms with Crippen molar-refractivity contribution < 1.29 is 13.2 Å². The molecule has 2 aliphatic heterocycles. The predicted octanol–water partition coefficient (Wildman–Crippen LogP) is -0.324. The molecule has 4 N–H and O–H groups in total. The first-order valence-electron chi connectivity index (χ1n) is 8.81. The lowest BCUT2D eigenvalue weighted by Crippen LogP contribution is -2.55. The van der Waals surface area contributed by atoms with E-state index in [1.54, 1.807) is 12.1 Å². The summed E-state index contributed by atoms with van der Waals surface area (Å²) in [5.41, 5.74) is 0. The highest BCUT2D eigenvalue weighted by atomic mass is 32.2. The Morgan fingerprint density at radius 2 is 2.00 bits per heavy atom. The van der Waals surface area contributed by atoms with Gasteiger partial charge >= 0.3 is 0 Å². The summed E-state index contributed by atoms with van der Waals surface area (Å²) < 4.78 is 32.4. The fraction of sp³-hybridized carbons (Fsp3) is 0.800. The molecular formula is C15H27N5O3S2. The number of nitrogens with zero attached hydrogens (tertiary/aromatic N) is 1. The van der Waals surface area contributed by atoms with Gasteiger partial charge in [0.2, 0.25) is 15.9 Å².